The van der Waals surface area contributed by atoms with Gasteiger partial charge in [-0.3, -0.25) is 9.69 Å². The predicted molar refractivity (Wildman–Crippen MR) is 114 cm³/mol. The van der Waals surface area contributed by atoms with Crippen LogP contribution in [0.1, 0.15) is 55.8 Å². The summed E-state index contributed by atoms with van der Waals surface area (Å²) >= 11 is 8.31. The summed E-state index contributed by atoms with van der Waals surface area (Å²) < 4.78 is 6.15. The number of carbonyl (C=O) groups is 1. The molecule has 27 heavy (non-hydrogen) atoms. The first-order valence-corrected chi connectivity index (χ1v) is 11.8. The highest BCUT2D eigenvalue weighted by Gasteiger charge is 2.24. The van der Waals surface area contributed by atoms with E-state index in [2.05, 4.69) is 23.4 Å². The van der Waals surface area contributed by atoms with Crippen molar-refractivity contribution in [3.05, 3.63) is 28.8 Å². The number of halogens is 1. The quantitative estimate of drug-likeness (QED) is 0.712. The zero-order chi connectivity index (χ0) is 19.2. The number of rotatable bonds is 7. The Morgan fingerprint density at radius 2 is 2.00 bits per heavy atom. The molecule has 1 aliphatic heterocycles. The molecule has 6 heteroatoms. The van der Waals surface area contributed by atoms with Crippen LogP contribution in [-0.4, -0.2) is 54.1 Å². The van der Waals surface area contributed by atoms with Gasteiger partial charge in [-0.25, -0.2) is 0 Å². The van der Waals surface area contributed by atoms with E-state index in [1.54, 1.807) is 6.07 Å². The zero-order valence-corrected chi connectivity index (χ0v) is 18.0. The van der Waals surface area contributed by atoms with Gasteiger partial charge in [0.15, 0.2) is 0 Å². The maximum absolute atomic E-state index is 12.4. The molecular formula is C21H31ClN2O2S. The molecule has 0 radical (unpaired) electrons. The van der Waals surface area contributed by atoms with E-state index >= 15 is 0 Å². The van der Waals surface area contributed by atoms with Crippen LogP contribution >= 0.6 is 23.4 Å². The maximum Gasteiger partial charge on any atom is 0.251 e. The van der Waals surface area contributed by atoms with Crippen molar-refractivity contribution in [2.24, 2.45) is 0 Å². The zero-order valence-electron chi connectivity index (χ0n) is 16.4. The second-order valence-corrected chi connectivity index (χ2v) is 9.08. The molecule has 4 nitrogen and oxygen atoms in total. The Hall–Kier alpha value is -0.910. The van der Waals surface area contributed by atoms with E-state index in [0.29, 0.717) is 28.4 Å². The average molecular weight is 411 g/mol. The third-order valence-electron chi connectivity index (χ3n) is 5.69. The van der Waals surface area contributed by atoms with Crippen LogP contribution in [0.15, 0.2) is 18.2 Å². The lowest BCUT2D eigenvalue weighted by molar-refractivity contribution is 0.0854. The number of nitrogens with zero attached hydrogens (tertiary/aromatic N) is 1. The Labute approximate surface area is 172 Å². The van der Waals surface area contributed by atoms with Crippen LogP contribution in [0.25, 0.3) is 0 Å². The van der Waals surface area contributed by atoms with Gasteiger partial charge in [0.1, 0.15) is 11.9 Å². The summed E-state index contributed by atoms with van der Waals surface area (Å²) in [6, 6.07) is 6.32. The smallest absolute Gasteiger partial charge is 0.251 e. The number of hydrogen-bond donors (Lipinski definition) is 1. The fraction of sp³-hybridized carbons (Fsp3) is 0.667. The number of piperidine rings is 1. The van der Waals surface area contributed by atoms with Gasteiger partial charge in [-0.05, 0) is 57.1 Å². The van der Waals surface area contributed by atoms with Crippen LogP contribution < -0.4 is 10.1 Å². The van der Waals surface area contributed by atoms with E-state index < -0.39 is 0 Å². The molecule has 0 spiro atoms. The van der Waals surface area contributed by atoms with Crippen molar-refractivity contribution in [3.8, 4) is 5.75 Å². The van der Waals surface area contributed by atoms with E-state index in [0.717, 1.165) is 38.8 Å². The van der Waals surface area contributed by atoms with Gasteiger partial charge in [-0.1, -0.05) is 24.4 Å². The minimum Gasteiger partial charge on any atom is -0.489 e. The lowest BCUT2D eigenvalue weighted by atomic mass is 10.1. The van der Waals surface area contributed by atoms with Crippen molar-refractivity contribution in [1.29, 1.82) is 0 Å². The fourth-order valence-corrected chi connectivity index (χ4v) is 4.96. The molecule has 0 bridgehead atoms. The third kappa shape index (κ3) is 5.78. The second kappa shape index (κ2) is 10.0. The summed E-state index contributed by atoms with van der Waals surface area (Å²) in [5, 5.41) is 3.62. The van der Waals surface area contributed by atoms with E-state index in [1.807, 2.05) is 23.9 Å². The summed E-state index contributed by atoms with van der Waals surface area (Å²) in [6.07, 6.45) is 8.94. The van der Waals surface area contributed by atoms with Crippen molar-refractivity contribution in [1.82, 2.24) is 10.2 Å². The molecule has 1 atom stereocenters. The molecule has 1 saturated heterocycles. The first kappa shape index (κ1) is 20.8. The lowest BCUT2D eigenvalue weighted by Crippen LogP contribution is -2.43. The minimum absolute atomic E-state index is 0.0357. The van der Waals surface area contributed by atoms with Gasteiger partial charge in [0.2, 0.25) is 0 Å². The summed E-state index contributed by atoms with van der Waals surface area (Å²) in [7, 11) is 0. The number of hydrogen-bond acceptors (Lipinski definition) is 4. The molecule has 1 aliphatic carbocycles. The summed E-state index contributed by atoms with van der Waals surface area (Å²) in [4.78, 5) is 14.9. The Bertz CT molecular complexity index is 629. The SMILES string of the molecule is CSC[C@@H](C)N1CCC(Oc2ccc(C(=O)NC3CCCC3)cc2Cl)CC1. The van der Waals surface area contributed by atoms with Gasteiger partial charge in [0.05, 0.1) is 5.02 Å². The maximum atomic E-state index is 12.4. The van der Waals surface area contributed by atoms with Crippen molar-refractivity contribution in [2.45, 2.75) is 63.6 Å². The van der Waals surface area contributed by atoms with Crippen LogP contribution in [-0.2, 0) is 0 Å². The standard InChI is InChI=1S/C21H31ClN2O2S/c1-15(14-27-2)24-11-9-18(10-12-24)26-20-8-7-16(13-19(20)22)21(25)23-17-5-3-4-6-17/h7-8,13,15,17-18H,3-6,9-12,14H2,1-2H3,(H,23,25)/t15-/m1/s1. The van der Waals surface area contributed by atoms with E-state index in [1.165, 1.54) is 18.6 Å². The number of likely N-dealkylation sites (tertiary alicyclic amines) is 1. The lowest BCUT2D eigenvalue weighted by Gasteiger charge is -2.36. The van der Waals surface area contributed by atoms with E-state index in [4.69, 9.17) is 16.3 Å². The summed E-state index contributed by atoms with van der Waals surface area (Å²) in [6.45, 7) is 4.42. The monoisotopic (exact) mass is 410 g/mol. The summed E-state index contributed by atoms with van der Waals surface area (Å²) in [5.41, 5.74) is 0.611. The Kier molecular flexibility index (Phi) is 7.74. The van der Waals surface area contributed by atoms with Crippen LogP contribution in [0.2, 0.25) is 5.02 Å². The molecule has 3 rings (SSSR count). The second-order valence-electron chi connectivity index (χ2n) is 7.76. The molecule has 0 unspecified atom stereocenters. The number of ether oxygens (including phenoxy) is 1. The van der Waals surface area contributed by atoms with Crippen molar-refractivity contribution < 1.29 is 9.53 Å². The molecular weight excluding hydrogens is 380 g/mol. The van der Waals surface area contributed by atoms with Crippen molar-refractivity contribution in [2.75, 3.05) is 25.1 Å². The van der Waals surface area contributed by atoms with Crippen LogP contribution in [0, 0.1) is 0 Å². The molecule has 1 amide bonds. The van der Waals surface area contributed by atoms with Crippen LogP contribution in [0.5, 0.6) is 5.75 Å². The molecule has 1 heterocycles. The number of thioether (sulfide) groups is 1. The van der Waals surface area contributed by atoms with E-state index in [-0.39, 0.29) is 12.0 Å². The Morgan fingerprint density at radius 3 is 2.63 bits per heavy atom. The first-order chi connectivity index (χ1) is 13.1. The molecule has 1 N–H and O–H groups in total. The van der Waals surface area contributed by atoms with Gasteiger partial charge < -0.3 is 10.1 Å². The predicted octanol–water partition coefficient (Wildman–Crippen LogP) is 4.61. The van der Waals surface area contributed by atoms with Gasteiger partial charge in [-0.15, -0.1) is 0 Å². The molecule has 1 saturated carbocycles. The van der Waals surface area contributed by atoms with Gasteiger partial charge in [0.25, 0.3) is 5.91 Å². The molecule has 150 valence electrons. The fourth-order valence-electron chi connectivity index (χ4n) is 4.04. The molecule has 2 fully saturated rings. The molecule has 0 aromatic heterocycles. The first-order valence-electron chi connectivity index (χ1n) is 10.1. The van der Waals surface area contributed by atoms with Crippen LogP contribution in [0.3, 0.4) is 0 Å². The Balaban J connectivity index is 1.51. The largest absolute Gasteiger partial charge is 0.489 e. The van der Waals surface area contributed by atoms with Gasteiger partial charge in [0, 0.05) is 36.5 Å². The highest BCUT2D eigenvalue weighted by atomic mass is 35.5. The van der Waals surface area contributed by atoms with Crippen LogP contribution in [0.4, 0.5) is 0 Å². The molecule has 1 aromatic rings. The number of benzene rings is 1. The topological polar surface area (TPSA) is 41.6 Å². The third-order valence-corrected chi connectivity index (χ3v) is 6.80. The van der Waals surface area contributed by atoms with Crippen molar-refractivity contribution in [3.63, 3.8) is 0 Å². The Morgan fingerprint density at radius 1 is 1.30 bits per heavy atom. The summed E-state index contributed by atoms with van der Waals surface area (Å²) in [5.74, 6) is 1.82. The number of amides is 1. The van der Waals surface area contributed by atoms with E-state index in [9.17, 15) is 4.79 Å². The normalized spacial score (nSPS) is 20.6. The highest BCUT2D eigenvalue weighted by Crippen LogP contribution is 2.29. The molecule has 1 aromatic carbocycles. The molecule has 2 aliphatic rings. The van der Waals surface area contributed by atoms with Gasteiger partial charge in [-0.2, -0.15) is 11.8 Å². The number of carbonyl (C=O) groups excluding carboxylic acids is 1. The highest BCUT2D eigenvalue weighted by molar-refractivity contribution is 7.98. The number of nitrogens with one attached hydrogen (secondary N) is 1. The van der Waals surface area contributed by atoms with Gasteiger partial charge >= 0.3 is 0 Å². The average Bonchev–Trinajstić information content (AvgIpc) is 3.17. The minimum atomic E-state index is -0.0357. The van der Waals surface area contributed by atoms with Crippen molar-refractivity contribution >= 4 is 29.3 Å².